The van der Waals surface area contributed by atoms with Gasteiger partial charge in [-0.3, -0.25) is 4.79 Å². The molecular weight excluding hydrogens is 368 g/mol. The Labute approximate surface area is 172 Å². The molecule has 2 aromatic rings. The number of anilines is 1. The molecule has 1 aliphatic rings. The summed E-state index contributed by atoms with van der Waals surface area (Å²) in [6.45, 7) is 4.16. The van der Waals surface area contributed by atoms with Crippen LogP contribution in [-0.2, 0) is 0 Å². The fourth-order valence-corrected chi connectivity index (χ4v) is 3.47. The third-order valence-electron chi connectivity index (χ3n) is 5.06. The summed E-state index contributed by atoms with van der Waals surface area (Å²) in [5.41, 5.74) is 1.65. The van der Waals surface area contributed by atoms with E-state index in [-0.39, 0.29) is 5.91 Å². The van der Waals surface area contributed by atoms with Crippen molar-refractivity contribution in [3.8, 4) is 17.2 Å². The minimum absolute atomic E-state index is 0.0634. The molecule has 1 fully saturated rings. The second-order valence-corrected chi connectivity index (χ2v) is 7.19. The summed E-state index contributed by atoms with van der Waals surface area (Å²) in [7, 11) is 3.29. The van der Waals surface area contributed by atoms with Gasteiger partial charge in [-0.05, 0) is 37.5 Å². The topological polar surface area (TPSA) is 60.0 Å². The van der Waals surface area contributed by atoms with Gasteiger partial charge in [0.1, 0.15) is 17.2 Å². The molecule has 0 aromatic heterocycles. The van der Waals surface area contributed by atoms with Crippen LogP contribution < -0.4 is 19.5 Å². The van der Waals surface area contributed by atoms with Gasteiger partial charge < -0.3 is 24.4 Å². The second-order valence-electron chi connectivity index (χ2n) is 7.19. The van der Waals surface area contributed by atoms with E-state index in [1.165, 1.54) is 0 Å². The molecule has 1 aliphatic heterocycles. The zero-order valence-electron chi connectivity index (χ0n) is 17.4. The van der Waals surface area contributed by atoms with Gasteiger partial charge >= 0.3 is 0 Å². The standard InChI is InChI=1S/C23H30N2O4/c1-4-12-29-20-7-5-6-17(13-20)23(26)25-10-8-18(9-11-25)24-19-14-21(27-2)16-22(15-19)28-3/h5-7,13-16,18,24H,4,8-12H2,1-3H3. The molecule has 0 atom stereocenters. The highest BCUT2D eigenvalue weighted by atomic mass is 16.5. The summed E-state index contributed by atoms with van der Waals surface area (Å²) < 4.78 is 16.3. The highest BCUT2D eigenvalue weighted by Gasteiger charge is 2.24. The van der Waals surface area contributed by atoms with Gasteiger partial charge in [0.2, 0.25) is 0 Å². The number of rotatable bonds is 8. The molecule has 156 valence electrons. The van der Waals surface area contributed by atoms with Crippen LogP contribution in [0.2, 0.25) is 0 Å². The van der Waals surface area contributed by atoms with E-state index in [9.17, 15) is 4.79 Å². The molecule has 1 N–H and O–H groups in total. The van der Waals surface area contributed by atoms with E-state index in [2.05, 4.69) is 12.2 Å². The Hall–Kier alpha value is -2.89. The number of hydrogen-bond acceptors (Lipinski definition) is 5. The first-order valence-electron chi connectivity index (χ1n) is 10.1. The van der Waals surface area contributed by atoms with Crippen LogP contribution in [0.4, 0.5) is 5.69 Å². The van der Waals surface area contributed by atoms with E-state index in [1.807, 2.05) is 47.4 Å². The van der Waals surface area contributed by atoms with Gasteiger partial charge in [0.15, 0.2) is 0 Å². The molecule has 0 bridgehead atoms. The van der Waals surface area contributed by atoms with Gasteiger partial charge in [0, 0.05) is 48.6 Å². The van der Waals surface area contributed by atoms with Crippen LogP contribution in [0.25, 0.3) is 0 Å². The molecule has 0 saturated carbocycles. The number of carbonyl (C=O) groups excluding carboxylic acids is 1. The number of carbonyl (C=O) groups is 1. The van der Waals surface area contributed by atoms with Crippen LogP contribution in [0.3, 0.4) is 0 Å². The number of amides is 1. The quantitative estimate of drug-likeness (QED) is 0.722. The fourth-order valence-electron chi connectivity index (χ4n) is 3.47. The van der Waals surface area contributed by atoms with Gasteiger partial charge in [0.05, 0.1) is 20.8 Å². The van der Waals surface area contributed by atoms with Gasteiger partial charge in [0.25, 0.3) is 5.91 Å². The minimum Gasteiger partial charge on any atom is -0.497 e. The third-order valence-corrected chi connectivity index (χ3v) is 5.06. The summed E-state index contributed by atoms with van der Waals surface area (Å²) >= 11 is 0. The molecule has 0 aliphatic carbocycles. The Morgan fingerprint density at radius 2 is 1.72 bits per heavy atom. The number of nitrogens with one attached hydrogen (secondary N) is 1. The molecule has 3 rings (SSSR count). The Morgan fingerprint density at radius 1 is 1.03 bits per heavy atom. The third kappa shape index (κ3) is 5.56. The van der Waals surface area contributed by atoms with E-state index >= 15 is 0 Å². The Kier molecular flexibility index (Phi) is 7.22. The average molecular weight is 399 g/mol. The minimum atomic E-state index is 0.0634. The fraction of sp³-hybridized carbons (Fsp3) is 0.435. The highest BCUT2D eigenvalue weighted by molar-refractivity contribution is 5.94. The van der Waals surface area contributed by atoms with E-state index in [1.54, 1.807) is 14.2 Å². The van der Waals surface area contributed by atoms with Crippen molar-refractivity contribution >= 4 is 11.6 Å². The maximum Gasteiger partial charge on any atom is 0.253 e. The lowest BCUT2D eigenvalue weighted by molar-refractivity contribution is 0.0718. The molecule has 1 saturated heterocycles. The average Bonchev–Trinajstić information content (AvgIpc) is 2.77. The molecule has 1 amide bonds. The summed E-state index contributed by atoms with van der Waals surface area (Å²) in [5, 5.41) is 3.54. The molecule has 0 unspecified atom stereocenters. The number of ether oxygens (including phenoxy) is 3. The van der Waals surface area contributed by atoms with Crippen molar-refractivity contribution in [1.82, 2.24) is 4.90 Å². The molecule has 29 heavy (non-hydrogen) atoms. The molecule has 1 heterocycles. The first-order valence-corrected chi connectivity index (χ1v) is 10.1. The summed E-state index contributed by atoms with van der Waals surface area (Å²) in [6, 6.07) is 13.5. The summed E-state index contributed by atoms with van der Waals surface area (Å²) in [5.74, 6) is 2.32. The summed E-state index contributed by atoms with van der Waals surface area (Å²) in [4.78, 5) is 14.8. The molecule has 0 radical (unpaired) electrons. The maximum atomic E-state index is 12.9. The lowest BCUT2D eigenvalue weighted by Crippen LogP contribution is -2.42. The second kappa shape index (κ2) is 10.0. The van der Waals surface area contributed by atoms with E-state index in [0.29, 0.717) is 18.2 Å². The van der Waals surface area contributed by atoms with Gasteiger partial charge in [-0.15, -0.1) is 0 Å². The van der Waals surface area contributed by atoms with Crippen LogP contribution in [-0.4, -0.2) is 50.8 Å². The van der Waals surface area contributed by atoms with Crippen molar-refractivity contribution in [2.45, 2.75) is 32.2 Å². The maximum absolute atomic E-state index is 12.9. The van der Waals surface area contributed by atoms with Gasteiger partial charge in [-0.1, -0.05) is 13.0 Å². The van der Waals surface area contributed by atoms with Crippen molar-refractivity contribution < 1.29 is 19.0 Å². The van der Waals surface area contributed by atoms with E-state index in [0.717, 1.165) is 55.3 Å². The van der Waals surface area contributed by atoms with Crippen LogP contribution in [0.1, 0.15) is 36.5 Å². The predicted molar refractivity (Wildman–Crippen MR) is 114 cm³/mol. The number of nitrogens with zero attached hydrogens (tertiary/aromatic N) is 1. The largest absolute Gasteiger partial charge is 0.497 e. The molecule has 2 aromatic carbocycles. The number of hydrogen-bond donors (Lipinski definition) is 1. The zero-order chi connectivity index (χ0) is 20.6. The number of methoxy groups -OCH3 is 2. The molecule has 6 heteroatoms. The normalized spacial score (nSPS) is 14.4. The zero-order valence-corrected chi connectivity index (χ0v) is 17.4. The van der Waals surface area contributed by atoms with E-state index < -0.39 is 0 Å². The number of benzene rings is 2. The Balaban J connectivity index is 1.57. The summed E-state index contributed by atoms with van der Waals surface area (Å²) in [6.07, 6.45) is 2.71. The van der Waals surface area contributed by atoms with Crippen molar-refractivity contribution in [1.29, 1.82) is 0 Å². The lowest BCUT2D eigenvalue weighted by atomic mass is 10.0. The van der Waals surface area contributed by atoms with Gasteiger partial charge in [-0.25, -0.2) is 0 Å². The number of likely N-dealkylation sites (tertiary alicyclic amines) is 1. The van der Waals surface area contributed by atoms with Crippen LogP contribution in [0.15, 0.2) is 42.5 Å². The van der Waals surface area contributed by atoms with Crippen molar-refractivity contribution in [3.05, 3.63) is 48.0 Å². The van der Waals surface area contributed by atoms with Crippen LogP contribution in [0.5, 0.6) is 17.2 Å². The number of piperidine rings is 1. The Bertz CT molecular complexity index is 794. The lowest BCUT2D eigenvalue weighted by Gasteiger charge is -2.33. The van der Waals surface area contributed by atoms with Crippen molar-refractivity contribution in [2.24, 2.45) is 0 Å². The molecular formula is C23H30N2O4. The first kappa shape index (κ1) is 20.8. The SMILES string of the molecule is CCCOc1cccc(C(=O)N2CCC(Nc3cc(OC)cc(OC)c3)CC2)c1. The van der Waals surface area contributed by atoms with Crippen molar-refractivity contribution in [3.63, 3.8) is 0 Å². The van der Waals surface area contributed by atoms with Gasteiger partial charge in [-0.2, -0.15) is 0 Å². The predicted octanol–water partition coefficient (Wildman–Crippen LogP) is 4.21. The van der Waals surface area contributed by atoms with E-state index in [4.69, 9.17) is 14.2 Å². The molecule has 0 spiro atoms. The van der Waals surface area contributed by atoms with Crippen LogP contribution >= 0.6 is 0 Å². The first-order chi connectivity index (χ1) is 14.1. The van der Waals surface area contributed by atoms with Crippen LogP contribution in [0, 0.1) is 0 Å². The highest BCUT2D eigenvalue weighted by Crippen LogP contribution is 2.28. The smallest absolute Gasteiger partial charge is 0.253 e. The Morgan fingerprint density at radius 3 is 2.34 bits per heavy atom. The van der Waals surface area contributed by atoms with Crippen molar-refractivity contribution in [2.75, 3.05) is 39.2 Å². The monoisotopic (exact) mass is 398 g/mol. The molecule has 6 nitrogen and oxygen atoms in total.